The summed E-state index contributed by atoms with van der Waals surface area (Å²) in [4.78, 5) is 6.71. The average Bonchev–Trinajstić information content (AvgIpc) is 3.07. The Morgan fingerprint density at radius 2 is 1.92 bits per heavy atom. The van der Waals surface area contributed by atoms with Gasteiger partial charge in [-0.25, -0.2) is 10.0 Å². The normalized spacial score (nSPS) is 25.5. The maximum atomic E-state index is 12.5. The third kappa shape index (κ3) is 2.43. The number of nitrogens with zero attached hydrogens (tertiary/aromatic N) is 4. The van der Waals surface area contributed by atoms with Crippen molar-refractivity contribution in [3.8, 4) is 0 Å². The molecule has 0 aromatic heterocycles. The summed E-state index contributed by atoms with van der Waals surface area (Å²) in [6, 6.07) is 10.1. The molecule has 8 heteroatoms. The zero-order valence-corrected chi connectivity index (χ0v) is 14.4. The van der Waals surface area contributed by atoms with Crippen LogP contribution in [0.15, 0.2) is 71.0 Å². The lowest BCUT2D eigenvalue weighted by molar-refractivity contribution is -0.798. The molecule has 0 aliphatic carbocycles. The van der Waals surface area contributed by atoms with Gasteiger partial charge in [0.05, 0.1) is 0 Å². The first-order valence-electron chi connectivity index (χ1n) is 8.91. The van der Waals surface area contributed by atoms with Crippen LogP contribution in [0.1, 0.15) is 0 Å². The fourth-order valence-corrected chi connectivity index (χ4v) is 3.74. The number of hydrazine groups is 1. The van der Waals surface area contributed by atoms with Gasteiger partial charge in [0.1, 0.15) is 5.70 Å². The summed E-state index contributed by atoms with van der Waals surface area (Å²) in [5, 5.41) is 23.6. The van der Waals surface area contributed by atoms with E-state index in [1.54, 1.807) is 0 Å². The molecule has 0 amide bonds. The quantitative estimate of drug-likeness (QED) is 0.625. The van der Waals surface area contributed by atoms with Crippen molar-refractivity contribution in [3.63, 3.8) is 0 Å². The third-order valence-electron chi connectivity index (χ3n) is 4.98. The summed E-state index contributed by atoms with van der Waals surface area (Å²) < 4.78 is 0. The van der Waals surface area contributed by atoms with Crippen molar-refractivity contribution in [2.45, 2.75) is 0 Å². The number of nitrogens with one attached hydrogen (secondary N) is 3. The van der Waals surface area contributed by atoms with Gasteiger partial charge in [-0.15, -0.1) is 0 Å². The largest absolute Gasteiger partial charge is 0.627 e. The van der Waals surface area contributed by atoms with Gasteiger partial charge >= 0.3 is 0 Å². The number of anilines is 1. The number of rotatable bonds is 2. The van der Waals surface area contributed by atoms with Crippen LogP contribution in [-0.4, -0.2) is 48.7 Å². The molecule has 5 rings (SSSR count). The molecule has 0 bridgehead atoms. The Kier molecular flexibility index (Phi) is 3.75. The summed E-state index contributed by atoms with van der Waals surface area (Å²) in [7, 11) is 0. The topological polar surface area (TPSA) is 73.6 Å². The molecule has 1 aromatic rings. The van der Waals surface area contributed by atoms with Crippen molar-refractivity contribution in [2.75, 3.05) is 37.7 Å². The van der Waals surface area contributed by atoms with Crippen molar-refractivity contribution in [1.29, 1.82) is 0 Å². The maximum absolute atomic E-state index is 12.5. The van der Waals surface area contributed by atoms with E-state index in [2.05, 4.69) is 25.6 Å². The number of fused-ring (bicyclic) bond motifs is 1. The van der Waals surface area contributed by atoms with Crippen LogP contribution >= 0.6 is 0 Å². The van der Waals surface area contributed by atoms with Crippen LogP contribution in [0.25, 0.3) is 0 Å². The van der Waals surface area contributed by atoms with Crippen LogP contribution in [-0.2, 0) is 0 Å². The van der Waals surface area contributed by atoms with Crippen molar-refractivity contribution in [3.05, 3.63) is 71.2 Å². The van der Waals surface area contributed by atoms with Crippen molar-refractivity contribution in [2.24, 2.45) is 4.99 Å². The van der Waals surface area contributed by atoms with Gasteiger partial charge in [-0.05, 0) is 12.1 Å². The van der Waals surface area contributed by atoms with E-state index in [9.17, 15) is 5.21 Å². The fourth-order valence-electron chi connectivity index (χ4n) is 3.74. The van der Waals surface area contributed by atoms with E-state index in [0.717, 1.165) is 54.9 Å². The standard InChI is InChI=1S/C18H21N7O/c26-24-13-21-18-16(24)12-15-17(25(18)14-4-2-1-3-5-14)20-8-11-23(15)22-9-6-19-7-10-22/h1-5,8,11-12,19,21,24H,6-7,9-10,13H2. The van der Waals surface area contributed by atoms with Gasteiger partial charge in [-0.3, -0.25) is 9.91 Å². The minimum absolute atomic E-state index is 0.113. The van der Waals surface area contributed by atoms with Gasteiger partial charge < -0.3 is 20.9 Å². The Hall–Kier alpha value is -2.65. The smallest absolute Gasteiger partial charge is 0.179 e. The predicted octanol–water partition coefficient (Wildman–Crippen LogP) is -0.491. The van der Waals surface area contributed by atoms with E-state index in [1.165, 1.54) is 0 Å². The SMILES string of the molecule is [O-][NH+]1CNC2=C1C=C1C(=NC=CN1N1CCNCC1)N2c1ccccc1. The number of hydrogen-bond donors (Lipinski definition) is 3. The van der Waals surface area contributed by atoms with Crippen molar-refractivity contribution >= 4 is 11.5 Å². The molecule has 1 fully saturated rings. The molecular formula is C18H21N7O. The summed E-state index contributed by atoms with van der Waals surface area (Å²) in [5.74, 6) is 1.65. The molecule has 1 unspecified atom stereocenters. The van der Waals surface area contributed by atoms with E-state index >= 15 is 0 Å². The zero-order valence-electron chi connectivity index (χ0n) is 14.4. The summed E-state index contributed by atoms with van der Waals surface area (Å²) in [6.45, 7) is 4.05. The monoisotopic (exact) mass is 351 g/mol. The number of quaternary nitrogens is 1. The molecule has 1 saturated heterocycles. The van der Waals surface area contributed by atoms with E-state index in [-0.39, 0.29) is 5.06 Å². The highest BCUT2D eigenvalue weighted by atomic mass is 16.5. The number of aliphatic imine (C=N–C) groups is 1. The van der Waals surface area contributed by atoms with Crippen LogP contribution in [0.2, 0.25) is 0 Å². The predicted molar refractivity (Wildman–Crippen MR) is 99.2 cm³/mol. The lowest BCUT2D eigenvalue weighted by Crippen LogP contribution is -3.04. The molecule has 8 nitrogen and oxygen atoms in total. The van der Waals surface area contributed by atoms with Gasteiger partial charge in [0.25, 0.3) is 0 Å². The number of hydroxylamine groups is 2. The fraction of sp³-hybridized carbons (Fsp3) is 0.278. The van der Waals surface area contributed by atoms with Gasteiger partial charge in [0.15, 0.2) is 24.0 Å². The molecule has 0 radical (unpaired) electrons. The molecular weight excluding hydrogens is 330 g/mol. The first-order chi connectivity index (χ1) is 12.8. The zero-order chi connectivity index (χ0) is 17.5. The summed E-state index contributed by atoms with van der Waals surface area (Å²) >= 11 is 0. The number of benzene rings is 1. The minimum atomic E-state index is 0.113. The Labute approximate surface area is 151 Å². The van der Waals surface area contributed by atoms with Gasteiger partial charge in [-0.2, -0.15) is 0 Å². The Bertz CT molecular complexity index is 823. The minimum Gasteiger partial charge on any atom is -0.627 e. The van der Waals surface area contributed by atoms with Crippen LogP contribution in [0.5, 0.6) is 0 Å². The second-order valence-corrected chi connectivity index (χ2v) is 6.54. The molecule has 1 aromatic carbocycles. The molecule has 1 atom stereocenters. The highest BCUT2D eigenvalue weighted by Gasteiger charge is 2.39. The Morgan fingerprint density at radius 3 is 2.73 bits per heavy atom. The second kappa shape index (κ2) is 6.26. The lowest BCUT2D eigenvalue weighted by Gasteiger charge is -2.42. The van der Waals surface area contributed by atoms with Gasteiger partial charge in [0.2, 0.25) is 0 Å². The average molecular weight is 351 g/mol. The molecule has 4 aliphatic heterocycles. The summed E-state index contributed by atoms with van der Waals surface area (Å²) in [6.07, 6.45) is 5.77. The van der Waals surface area contributed by atoms with Crippen molar-refractivity contribution in [1.82, 2.24) is 20.7 Å². The number of piperazine rings is 1. The molecule has 4 heterocycles. The van der Waals surface area contributed by atoms with Crippen LogP contribution < -0.4 is 20.6 Å². The number of para-hydroxylation sites is 1. The highest BCUT2D eigenvalue weighted by Crippen LogP contribution is 2.31. The summed E-state index contributed by atoms with van der Waals surface area (Å²) in [5.41, 5.74) is 2.65. The molecule has 3 N–H and O–H groups in total. The molecule has 26 heavy (non-hydrogen) atoms. The van der Waals surface area contributed by atoms with Crippen LogP contribution in [0.4, 0.5) is 5.69 Å². The number of hydrogen-bond acceptors (Lipinski definition) is 7. The van der Waals surface area contributed by atoms with E-state index in [0.29, 0.717) is 6.67 Å². The Balaban J connectivity index is 1.60. The molecule has 4 aliphatic rings. The molecule has 134 valence electrons. The third-order valence-corrected chi connectivity index (χ3v) is 4.98. The highest BCUT2D eigenvalue weighted by molar-refractivity contribution is 6.13. The van der Waals surface area contributed by atoms with Crippen LogP contribution in [0.3, 0.4) is 0 Å². The lowest BCUT2D eigenvalue weighted by atomic mass is 10.1. The van der Waals surface area contributed by atoms with Gasteiger partial charge in [-0.1, -0.05) is 18.2 Å². The van der Waals surface area contributed by atoms with Crippen LogP contribution in [0, 0.1) is 5.21 Å². The Morgan fingerprint density at radius 1 is 1.12 bits per heavy atom. The molecule has 0 spiro atoms. The maximum Gasteiger partial charge on any atom is 0.179 e. The number of allylic oxidation sites excluding steroid dienone is 1. The molecule has 0 saturated carbocycles. The van der Waals surface area contributed by atoms with E-state index in [4.69, 9.17) is 0 Å². The first kappa shape index (κ1) is 15.6. The van der Waals surface area contributed by atoms with Gasteiger partial charge in [0, 0.05) is 50.3 Å². The van der Waals surface area contributed by atoms with E-state index < -0.39 is 0 Å². The van der Waals surface area contributed by atoms with E-state index in [1.807, 2.05) is 53.7 Å². The number of amidine groups is 1. The van der Waals surface area contributed by atoms with Crippen molar-refractivity contribution < 1.29 is 5.06 Å². The first-order valence-corrected chi connectivity index (χ1v) is 8.91. The second-order valence-electron chi connectivity index (χ2n) is 6.54.